The second kappa shape index (κ2) is 2.30. The average Bonchev–Trinajstić information content (AvgIpc) is 1.90. The first-order valence-electron chi connectivity index (χ1n) is 2.48. The Kier molecular flexibility index (Phi) is 1.48. The first-order chi connectivity index (χ1) is 4.30. The summed E-state index contributed by atoms with van der Waals surface area (Å²) in [6, 6.07) is 0. The highest BCUT2D eigenvalue weighted by atomic mass is 16.4. The van der Waals surface area contributed by atoms with Gasteiger partial charge in [-0.25, -0.2) is 4.79 Å². The molecule has 0 aromatic rings. The molecule has 4 heteroatoms. The molecule has 1 rings (SSSR count). The maximum atomic E-state index is 10.2. The lowest BCUT2D eigenvalue weighted by molar-refractivity contribution is -0.133. The van der Waals surface area contributed by atoms with Crippen molar-refractivity contribution in [2.75, 3.05) is 6.67 Å². The van der Waals surface area contributed by atoms with Gasteiger partial charge in [-0.3, -0.25) is 4.99 Å². The van der Waals surface area contributed by atoms with Gasteiger partial charge in [0.15, 0.2) is 0 Å². The van der Waals surface area contributed by atoms with E-state index in [1.54, 1.807) is 0 Å². The lowest BCUT2D eigenvalue weighted by Gasteiger charge is -2.04. The molecule has 48 valence electrons. The molecule has 1 aliphatic heterocycles. The lowest BCUT2D eigenvalue weighted by atomic mass is 10.4. The van der Waals surface area contributed by atoms with Crippen LogP contribution in [0.2, 0.25) is 0 Å². The summed E-state index contributed by atoms with van der Waals surface area (Å²) in [7, 11) is 0. The van der Waals surface area contributed by atoms with Crippen LogP contribution in [0.4, 0.5) is 0 Å². The van der Waals surface area contributed by atoms with Gasteiger partial charge in [0.1, 0.15) is 12.4 Å². The summed E-state index contributed by atoms with van der Waals surface area (Å²) in [5.74, 6) is -0.943. The summed E-state index contributed by atoms with van der Waals surface area (Å²) in [4.78, 5) is 13.9. The summed E-state index contributed by atoms with van der Waals surface area (Å²) >= 11 is 0. The molecular formula is C5H6N2O2. The second-order valence-corrected chi connectivity index (χ2v) is 1.55. The van der Waals surface area contributed by atoms with Gasteiger partial charge in [0.05, 0.1) is 0 Å². The molecule has 9 heavy (non-hydrogen) atoms. The molecular weight excluding hydrogens is 120 g/mol. The third-order valence-electron chi connectivity index (χ3n) is 0.938. The minimum absolute atomic E-state index is 0.199. The first-order valence-corrected chi connectivity index (χ1v) is 2.48. The summed E-state index contributed by atoms with van der Waals surface area (Å²) in [5.41, 5.74) is 0.199. The number of hydrogen-bond donors (Lipinski definition) is 2. The molecule has 0 atom stereocenters. The van der Waals surface area contributed by atoms with Gasteiger partial charge in [-0.15, -0.1) is 0 Å². The smallest absolute Gasteiger partial charge is 0.352 e. The third-order valence-corrected chi connectivity index (χ3v) is 0.938. The Morgan fingerprint density at radius 3 is 3.00 bits per heavy atom. The van der Waals surface area contributed by atoms with Gasteiger partial charge >= 0.3 is 5.97 Å². The Hall–Kier alpha value is -1.32. The summed E-state index contributed by atoms with van der Waals surface area (Å²) in [6.07, 6.45) is 2.89. The van der Waals surface area contributed by atoms with Crippen molar-refractivity contribution >= 4 is 12.2 Å². The molecule has 4 nitrogen and oxygen atoms in total. The molecule has 0 spiro atoms. The van der Waals surface area contributed by atoms with Crippen molar-refractivity contribution in [3.05, 3.63) is 11.8 Å². The molecule has 0 bridgehead atoms. The van der Waals surface area contributed by atoms with Crippen molar-refractivity contribution < 1.29 is 9.90 Å². The normalized spacial score (nSPS) is 16.2. The fraction of sp³-hybridized carbons (Fsp3) is 0.200. The summed E-state index contributed by atoms with van der Waals surface area (Å²) in [6.45, 7) is 0.359. The Balaban J connectivity index is 2.68. The van der Waals surface area contributed by atoms with Crippen LogP contribution in [0.1, 0.15) is 0 Å². The number of allylic oxidation sites excluding steroid dienone is 1. The Labute approximate surface area is 51.9 Å². The van der Waals surface area contributed by atoms with Gasteiger partial charge in [-0.05, 0) is 6.08 Å². The molecule has 0 aliphatic carbocycles. The molecule has 0 amide bonds. The molecule has 0 fully saturated rings. The molecule has 0 saturated carbocycles. The van der Waals surface area contributed by atoms with Crippen molar-refractivity contribution in [1.82, 2.24) is 5.32 Å². The van der Waals surface area contributed by atoms with E-state index in [0.29, 0.717) is 6.67 Å². The summed E-state index contributed by atoms with van der Waals surface area (Å²) < 4.78 is 0. The highest BCUT2D eigenvalue weighted by molar-refractivity contribution is 5.92. The molecule has 0 unspecified atom stereocenters. The predicted molar refractivity (Wildman–Crippen MR) is 32.2 cm³/mol. The minimum atomic E-state index is -0.943. The fourth-order valence-electron chi connectivity index (χ4n) is 0.517. The van der Waals surface area contributed by atoms with Gasteiger partial charge in [-0.2, -0.15) is 0 Å². The highest BCUT2D eigenvalue weighted by Crippen LogP contribution is 1.90. The zero-order valence-electron chi connectivity index (χ0n) is 4.66. The van der Waals surface area contributed by atoms with Crippen LogP contribution in [0.3, 0.4) is 0 Å². The summed E-state index contributed by atoms with van der Waals surface area (Å²) in [5, 5.41) is 10.9. The number of nitrogens with one attached hydrogen (secondary N) is 1. The lowest BCUT2D eigenvalue weighted by Crippen LogP contribution is -2.22. The van der Waals surface area contributed by atoms with Crippen LogP contribution < -0.4 is 5.32 Å². The van der Waals surface area contributed by atoms with Crippen LogP contribution in [0.5, 0.6) is 0 Å². The number of aliphatic carboxylic acids is 1. The Morgan fingerprint density at radius 2 is 2.67 bits per heavy atom. The quantitative estimate of drug-likeness (QED) is 0.502. The van der Waals surface area contributed by atoms with E-state index in [1.165, 1.54) is 12.3 Å². The maximum Gasteiger partial charge on any atom is 0.352 e. The molecule has 1 heterocycles. The van der Waals surface area contributed by atoms with Crippen molar-refractivity contribution in [3.63, 3.8) is 0 Å². The number of carboxylic acids is 1. The topological polar surface area (TPSA) is 61.7 Å². The van der Waals surface area contributed by atoms with Crippen molar-refractivity contribution in [1.29, 1.82) is 0 Å². The van der Waals surface area contributed by atoms with Crippen LogP contribution in [-0.4, -0.2) is 24.0 Å². The largest absolute Gasteiger partial charge is 0.477 e. The van der Waals surface area contributed by atoms with Crippen molar-refractivity contribution in [2.45, 2.75) is 0 Å². The highest BCUT2D eigenvalue weighted by Gasteiger charge is 2.05. The number of hydrogen-bond acceptors (Lipinski definition) is 3. The Bertz CT molecular complexity index is 183. The van der Waals surface area contributed by atoms with E-state index in [0.717, 1.165) is 0 Å². The van der Waals surface area contributed by atoms with Gasteiger partial charge in [-0.1, -0.05) is 0 Å². The van der Waals surface area contributed by atoms with E-state index in [1.807, 2.05) is 0 Å². The monoisotopic (exact) mass is 126 g/mol. The number of nitrogens with zero attached hydrogens (tertiary/aromatic N) is 1. The van der Waals surface area contributed by atoms with Gasteiger partial charge < -0.3 is 10.4 Å². The number of aliphatic imine (C=N–C) groups is 1. The molecule has 0 saturated heterocycles. The maximum absolute atomic E-state index is 10.2. The van der Waals surface area contributed by atoms with E-state index in [9.17, 15) is 4.79 Å². The van der Waals surface area contributed by atoms with Gasteiger partial charge in [0.2, 0.25) is 0 Å². The zero-order valence-corrected chi connectivity index (χ0v) is 4.66. The van der Waals surface area contributed by atoms with Gasteiger partial charge in [0, 0.05) is 6.21 Å². The molecule has 0 aromatic heterocycles. The second-order valence-electron chi connectivity index (χ2n) is 1.55. The third kappa shape index (κ3) is 1.28. The number of rotatable bonds is 1. The zero-order chi connectivity index (χ0) is 6.69. The van der Waals surface area contributed by atoms with E-state index in [4.69, 9.17) is 5.11 Å². The Morgan fingerprint density at radius 1 is 1.89 bits per heavy atom. The molecule has 0 radical (unpaired) electrons. The first kappa shape index (κ1) is 5.81. The number of carboxylic acid groups (broad SMARTS) is 1. The van der Waals surface area contributed by atoms with E-state index >= 15 is 0 Å². The van der Waals surface area contributed by atoms with E-state index in [2.05, 4.69) is 10.3 Å². The SMILES string of the molecule is O=C(O)C1=CC=NCN1. The van der Waals surface area contributed by atoms with Crippen LogP contribution >= 0.6 is 0 Å². The van der Waals surface area contributed by atoms with Crippen molar-refractivity contribution in [3.8, 4) is 0 Å². The van der Waals surface area contributed by atoms with Crippen LogP contribution in [0.25, 0.3) is 0 Å². The van der Waals surface area contributed by atoms with Crippen molar-refractivity contribution in [2.24, 2.45) is 4.99 Å². The molecule has 2 N–H and O–H groups in total. The standard InChI is InChI=1S/C5H6N2O2/c8-5(9)4-1-2-6-3-7-4/h1-2,7H,3H2,(H,8,9). The predicted octanol–water partition coefficient (Wildman–Crippen LogP) is -0.414. The van der Waals surface area contributed by atoms with Crippen LogP contribution in [0, 0.1) is 0 Å². The van der Waals surface area contributed by atoms with Crippen LogP contribution in [0.15, 0.2) is 16.8 Å². The minimum Gasteiger partial charge on any atom is -0.477 e. The molecule has 1 aliphatic rings. The fourth-order valence-corrected chi connectivity index (χ4v) is 0.517. The van der Waals surface area contributed by atoms with Gasteiger partial charge in [0.25, 0.3) is 0 Å². The number of carbonyl (C=O) groups is 1. The van der Waals surface area contributed by atoms with E-state index < -0.39 is 5.97 Å². The van der Waals surface area contributed by atoms with E-state index in [-0.39, 0.29) is 5.70 Å². The molecule has 0 aromatic carbocycles. The van der Waals surface area contributed by atoms with Crippen LogP contribution in [-0.2, 0) is 4.79 Å². The average molecular weight is 126 g/mol.